The third-order valence-corrected chi connectivity index (χ3v) is 3.45. The lowest BCUT2D eigenvalue weighted by Gasteiger charge is -2.06. The Balaban J connectivity index is 2.51. The van der Waals surface area contributed by atoms with Crippen molar-refractivity contribution in [3.05, 3.63) is 22.8 Å². The highest BCUT2D eigenvalue weighted by Gasteiger charge is 2.03. The van der Waals surface area contributed by atoms with Crippen molar-refractivity contribution in [3.8, 4) is 0 Å². The molecule has 0 amide bonds. The van der Waals surface area contributed by atoms with Gasteiger partial charge < -0.3 is 5.32 Å². The third kappa shape index (κ3) is 4.31. The molecule has 0 radical (unpaired) electrons. The molecule has 0 aliphatic heterocycles. The highest BCUT2D eigenvalue weighted by atomic mass is 35.5. The maximum absolute atomic E-state index is 6.06. The van der Waals surface area contributed by atoms with Crippen LogP contribution in [0.3, 0.4) is 0 Å². The van der Waals surface area contributed by atoms with Gasteiger partial charge in [-0.1, -0.05) is 24.9 Å². The summed E-state index contributed by atoms with van der Waals surface area (Å²) in [6, 6.07) is 3.79. The minimum atomic E-state index is 0.762. The standard InChI is InChI=1S/C11H17ClN2S/c1-3-4-7-15-8-10-9(12)5-6-11(13-2)14-10/h5-6H,3-4,7-8H2,1-2H3,(H,13,14). The number of anilines is 1. The number of nitrogens with one attached hydrogen (secondary N) is 1. The average Bonchev–Trinajstić information content (AvgIpc) is 2.26. The maximum Gasteiger partial charge on any atom is 0.126 e. The zero-order valence-electron chi connectivity index (χ0n) is 9.22. The molecule has 0 fully saturated rings. The summed E-state index contributed by atoms with van der Waals surface area (Å²) in [5, 5.41) is 3.78. The van der Waals surface area contributed by atoms with Gasteiger partial charge in [-0.15, -0.1) is 0 Å². The zero-order valence-corrected chi connectivity index (χ0v) is 10.8. The highest BCUT2D eigenvalue weighted by Crippen LogP contribution is 2.21. The number of hydrogen-bond donors (Lipinski definition) is 1. The quantitative estimate of drug-likeness (QED) is 0.771. The first-order chi connectivity index (χ1) is 7.27. The van der Waals surface area contributed by atoms with Crippen LogP contribution in [-0.4, -0.2) is 17.8 Å². The molecule has 1 aromatic rings. The number of nitrogens with zero attached hydrogens (tertiary/aromatic N) is 1. The molecule has 4 heteroatoms. The van der Waals surface area contributed by atoms with Crippen LogP contribution >= 0.6 is 23.4 Å². The fourth-order valence-electron chi connectivity index (χ4n) is 1.14. The predicted molar refractivity (Wildman–Crippen MR) is 69.9 cm³/mol. The summed E-state index contributed by atoms with van der Waals surface area (Å²) in [6.07, 6.45) is 2.50. The van der Waals surface area contributed by atoms with Crippen molar-refractivity contribution in [3.63, 3.8) is 0 Å². The van der Waals surface area contributed by atoms with Gasteiger partial charge in [0.15, 0.2) is 0 Å². The Morgan fingerprint density at radius 1 is 1.47 bits per heavy atom. The fraction of sp³-hybridized carbons (Fsp3) is 0.545. The zero-order chi connectivity index (χ0) is 11.1. The fourth-order valence-corrected chi connectivity index (χ4v) is 2.44. The highest BCUT2D eigenvalue weighted by molar-refractivity contribution is 7.98. The summed E-state index contributed by atoms with van der Waals surface area (Å²) in [6.45, 7) is 2.20. The molecule has 0 aliphatic rings. The second-order valence-electron chi connectivity index (χ2n) is 3.28. The minimum Gasteiger partial charge on any atom is -0.373 e. The number of unbranched alkanes of at least 4 members (excludes halogenated alkanes) is 1. The van der Waals surface area contributed by atoms with Gasteiger partial charge >= 0.3 is 0 Å². The molecule has 0 spiro atoms. The van der Waals surface area contributed by atoms with Gasteiger partial charge in [0.05, 0.1) is 10.7 Å². The SMILES string of the molecule is CCCCSCc1nc(NC)ccc1Cl. The predicted octanol–water partition coefficient (Wildman–Crippen LogP) is 3.81. The van der Waals surface area contributed by atoms with Crippen LogP contribution in [0.2, 0.25) is 5.02 Å². The van der Waals surface area contributed by atoms with E-state index in [-0.39, 0.29) is 0 Å². The monoisotopic (exact) mass is 244 g/mol. The van der Waals surface area contributed by atoms with E-state index in [0.717, 1.165) is 22.3 Å². The van der Waals surface area contributed by atoms with Crippen molar-refractivity contribution in [1.82, 2.24) is 4.98 Å². The van der Waals surface area contributed by atoms with E-state index in [1.54, 1.807) is 0 Å². The molecular formula is C11H17ClN2S. The molecule has 0 saturated heterocycles. The van der Waals surface area contributed by atoms with Crippen molar-refractivity contribution in [2.75, 3.05) is 18.1 Å². The van der Waals surface area contributed by atoms with Gasteiger partial charge in [0.25, 0.3) is 0 Å². The molecule has 1 aromatic heterocycles. The van der Waals surface area contributed by atoms with E-state index in [2.05, 4.69) is 17.2 Å². The lowest BCUT2D eigenvalue weighted by atomic mass is 10.3. The largest absolute Gasteiger partial charge is 0.373 e. The Morgan fingerprint density at radius 2 is 2.27 bits per heavy atom. The minimum absolute atomic E-state index is 0.762. The van der Waals surface area contributed by atoms with Gasteiger partial charge in [-0.2, -0.15) is 11.8 Å². The maximum atomic E-state index is 6.06. The molecule has 0 atom stereocenters. The van der Waals surface area contributed by atoms with Crippen molar-refractivity contribution in [1.29, 1.82) is 0 Å². The molecule has 0 aromatic carbocycles. The van der Waals surface area contributed by atoms with E-state index in [0.29, 0.717) is 0 Å². The van der Waals surface area contributed by atoms with Crippen LogP contribution < -0.4 is 5.32 Å². The topological polar surface area (TPSA) is 24.9 Å². The summed E-state index contributed by atoms with van der Waals surface area (Å²) in [5.74, 6) is 2.96. The molecule has 0 saturated carbocycles. The Kier molecular flexibility index (Phi) is 5.88. The van der Waals surface area contributed by atoms with Crippen LogP contribution in [0.1, 0.15) is 25.5 Å². The van der Waals surface area contributed by atoms with E-state index in [1.807, 2.05) is 30.9 Å². The summed E-state index contributed by atoms with van der Waals surface area (Å²) >= 11 is 7.95. The second kappa shape index (κ2) is 6.96. The van der Waals surface area contributed by atoms with Crippen molar-refractivity contribution < 1.29 is 0 Å². The summed E-state index contributed by atoms with van der Waals surface area (Å²) in [4.78, 5) is 4.42. The normalized spacial score (nSPS) is 10.3. The molecule has 15 heavy (non-hydrogen) atoms. The van der Waals surface area contributed by atoms with E-state index in [9.17, 15) is 0 Å². The summed E-state index contributed by atoms with van der Waals surface area (Å²) < 4.78 is 0. The molecule has 0 unspecified atom stereocenters. The van der Waals surface area contributed by atoms with Gasteiger partial charge in [0, 0.05) is 12.8 Å². The Hall–Kier alpha value is -0.410. The lowest BCUT2D eigenvalue weighted by Crippen LogP contribution is -1.96. The van der Waals surface area contributed by atoms with Gasteiger partial charge in [0.1, 0.15) is 5.82 Å². The van der Waals surface area contributed by atoms with Crippen molar-refractivity contribution >= 4 is 29.2 Å². The number of halogens is 1. The average molecular weight is 245 g/mol. The van der Waals surface area contributed by atoms with E-state index < -0.39 is 0 Å². The summed E-state index contributed by atoms with van der Waals surface area (Å²) in [7, 11) is 1.87. The molecule has 0 bridgehead atoms. The van der Waals surface area contributed by atoms with Gasteiger partial charge in [-0.05, 0) is 24.3 Å². The first-order valence-electron chi connectivity index (χ1n) is 5.18. The van der Waals surface area contributed by atoms with Crippen LogP contribution in [0.15, 0.2) is 12.1 Å². The summed E-state index contributed by atoms with van der Waals surface area (Å²) in [5.41, 5.74) is 0.976. The number of aromatic nitrogens is 1. The molecule has 1 rings (SSSR count). The van der Waals surface area contributed by atoms with E-state index in [1.165, 1.54) is 18.6 Å². The van der Waals surface area contributed by atoms with Crippen LogP contribution in [-0.2, 0) is 5.75 Å². The number of rotatable bonds is 6. The smallest absolute Gasteiger partial charge is 0.126 e. The lowest BCUT2D eigenvalue weighted by molar-refractivity contribution is 0.895. The second-order valence-corrected chi connectivity index (χ2v) is 4.79. The van der Waals surface area contributed by atoms with E-state index in [4.69, 9.17) is 11.6 Å². The van der Waals surface area contributed by atoms with Crippen molar-refractivity contribution in [2.24, 2.45) is 0 Å². The Bertz CT molecular complexity index is 305. The van der Waals surface area contributed by atoms with Crippen LogP contribution in [0.25, 0.3) is 0 Å². The molecular weight excluding hydrogens is 228 g/mol. The molecule has 1 N–H and O–H groups in total. The number of thioether (sulfide) groups is 1. The van der Waals surface area contributed by atoms with Crippen LogP contribution in [0.4, 0.5) is 5.82 Å². The first kappa shape index (κ1) is 12.7. The van der Waals surface area contributed by atoms with Crippen LogP contribution in [0.5, 0.6) is 0 Å². The molecule has 2 nitrogen and oxygen atoms in total. The number of pyridine rings is 1. The van der Waals surface area contributed by atoms with Gasteiger partial charge in [0.2, 0.25) is 0 Å². The Labute approximate surface area is 101 Å². The van der Waals surface area contributed by atoms with Gasteiger partial charge in [-0.25, -0.2) is 4.98 Å². The molecule has 84 valence electrons. The number of hydrogen-bond acceptors (Lipinski definition) is 3. The van der Waals surface area contributed by atoms with Crippen LogP contribution in [0, 0.1) is 0 Å². The Morgan fingerprint density at radius 3 is 2.93 bits per heavy atom. The third-order valence-electron chi connectivity index (χ3n) is 2.06. The molecule has 0 aliphatic carbocycles. The van der Waals surface area contributed by atoms with Crippen molar-refractivity contribution in [2.45, 2.75) is 25.5 Å². The first-order valence-corrected chi connectivity index (χ1v) is 6.72. The molecule has 1 heterocycles. The van der Waals surface area contributed by atoms with Gasteiger partial charge in [-0.3, -0.25) is 0 Å². The van der Waals surface area contributed by atoms with E-state index >= 15 is 0 Å².